The maximum absolute atomic E-state index is 12.7. The van der Waals surface area contributed by atoms with Crippen LogP contribution in [0, 0.1) is 13.8 Å². The van der Waals surface area contributed by atoms with E-state index in [1.54, 1.807) is 0 Å². The number of piperidine rings is 1. The van der Waals surface area contributed by atoms with Crippen molar-refractivity contribution in [1.82, 2.24) is 20.0 Å². The molecule has 0 bridgehead atoms. The van der Waals surface area contributed by atoms with Crippen molar-refractivity contribution >= 4 is 11.8 Å². The van der Waals surface area contributed by atoms with Crippen LogP contribution >= 0.6 is 0 Å². The minimum atomic E-state index is 0.0928. The summed E-state index contributed by atoms with van der Waals surface area (Å²) in [7, 11) is 1.91. The molecule has 1 fully saturated rings. The summed E-state index contributed by atoms with van der Waals surface area (Å²) in [6.45, 7) is 5.34. The Morgan fingerprint density at radius 2 is 1.82 bits per heavy atom. The zero-order chi connectivity index (χ0) is 20.1. The molecular weight excluding hydrogens is 352 g/mol. The third-order valence-corrected chi connectivity index (χ3v) is 5.68. The van der Waals surface area contributed by atoms with Gasteiger partial charge in [0.05, 0.1) is 12.1 Å². The Balaban J connectivity index is 1.42. The molecule has 0 atom stereocenters. The van der Waals surface area contributed by atoms with Gasteiger partial charge in [0.1, 0.15) is 0 Å². The van der Waals surface area contributed by atoms with Gasteiger partial charge in [-0.2, -0.15) is 5.10 Å². The summed E-state index contributed by atoms with van der Waals surface area (Å²) >= 11 is 0. The predicted octanol–water partition coefficient (Wildman–Crippen LogP) is 2.32. The summed E-state index contributed by atoms with van der Waals surface area (Å²) in [6, 6.07) is 10.2. The molecule has 28 heavy (non-hydrogen) atoms. The highest BCUT2D eigenvalue weighted by Gasteiger charge is 2.25. The molecule has 1 N–H and O–H groups in total. The fraction of sp³-hybridized carbons (Fsp3) is 0.500. The molecule has 6 heteroatoms. The average Bonchev–Trinajstić information content (AvgIpc) is 2.94. The molecule has 3 rings (SSSR count). The van der Waals surface area contributed by atoms with Gasteiger partial charge in [0.2, 0.25) is 11.8 Å². The van der Waals surface area contributed by atoms with Crippen LogP contribution in [-0.2, 0) is 29.5 Å². The van der Waals surface area contributed by atoms with E-state index in [0.29, 0.717) is 25.9 Å². The van der Waals surface area contributed by atoms with Crippen LogP contribution in [0.25, 0.3) is 0 Å². The van der Waals surface area contributed by atoms with Crippen molar-refractivity contribution in [2.75, 3.05) is 13.1 Å². The fourth-order valence-electron chi connectivity index (χ4n) is 3.81. The number of aromatic nitrogens is 2. The molecule has 2 heterocycles. The lowest BCUT2D eigenvalue weighted by molar-refractivity contribution is -0.131. The van der Waals surface area contributed by atoms with E-state index in [1.165, 1.54) is 5.56 Å². The van der Waals surface area contributed by atoms with Gasteiger partial charge in [-0.1, -0.05) is 30.3 Å². The number of carbonyl (C=O) groups is 2. The van der Waals surface area contributed by atoms with Gasteiger partial charge in [0, 0.05) is 43.9 Å². The highest BCUT2D eigenvalue weighted by Crippen LogP contribution is 2.17. The predicted molar refractivity (Wildman–Crippen MR) is 109 cm³/mol. The smallest absolute Gasteiger partial charge is 0.227 e. The van der Waals surface area contributed by atoms with E-state index < -0.39 is 0 Å². The first kappa shape index (κ1) is 20.1. The standard InChI is InChI=1S/C22H30N4O2/c1-16-20(17(2)25(3)24-16)15-22(28)26-13-11-19(12-14-26)23-21(27)10-9-18-7-5-4-6-8-18/h4-8,19H,9-15H2,1-3H3,(H,23,27). The molecule has 6 nitrogen and oxygen atoms in total. The highest BCUT2D eigenvalue weighted by molar-refractivity contribution is 5.79. The first-order chi connectivity index (χ1) is 13.4. The Labute approximate surface area is 166 Å². The first-order valence-corrected chi connectivity index (χ1v) is 10.0. The van der Waals surface area contributed by atoms with Crippen LogP contribution in [0.2, 0.25) is 0 Å². The van der Waals surface area contributed by atoms with E-state index in [4.69, 9.17) is 0 Å². The number of rotatable bonds is 6. The van der Waals surface area contributed by atoms with E-state index >= 15 is 0 Å². The fourth-order valence-corrected chi connectivity index (χ4v) is 3.81. The maximum Gasteiger partial charge on any atom is 0.227 e. The molecule has 1 aromatic heterocycles. The number of nitrogens with one attached hydrogen (secondary N) is 1. The summed E-state index contributed by atoms with van der Waals surface area (Å²) < 4.78 is 1.83. The maximum atomic E-state index is 12.7. The zero-order valence-electron chi connectivity index (χ0n) is 17.1. The van der Waals surface area contributed by atoms with Crippen molar-refractivity contribution in [2.45, 2.75) is 52.0 Å². The van der Waals surface area contributed by atoms with Gasteiger partial charge in [-0.15, -0.1) is 0 Å². The van der Waals surface area contributed by atoms with Crippen LogP contribution in [0.5, 0.6) is 0 Å². The van der Waals surface area contributed by atoms with Crippen molar-refractivity contribution < 1.29 is 9.59 Å². The Hall–Kier alpha value is -2.63. The van der Waals surface area contributed by atoms with Gasteiger partial charge >= 0.3 is 0 Å². The van der Waals surface area contributed by atoms with Crippen molar-refractivity contribution in [3.8, 4) is 0 Å². The molecule has 1 aliphatic rings. The summed E-state index contributed by atoms with van der Waals surface area (Å²) in [5.41, 5.74) is 4.18. The lowest BCUT2D eigenvalue weighted by Crippen LogP contribution is -2.47. The van der Waals surface area contributed by atoms with Crippen molar-refractivity contribution in [2.24, 2.45) is 7.05 Å². The van der Waals surface area contributed by atoms with Crippen molar-refractivity contribution in [3.05, 3.63) is 52.8 Å². The van der Waals surface area contributed by atoms with Gasteiger partial charge in [0.25, 0.3) is 0 Å². The largest absolute Gasteiger partial charge is 0.353 e. The number of likely N-dealkylation sites (tertiary alicyclic amines) is 1. The minimum Gasteiger partial charge on any atom is -0.353 e. The Morgan fingerprint density at radius 3 is 2.43 bits per heavy atom. The van der Waals surface area contributed by atoms with Gasteiger partial charge in [-0.3, -0.25) is 14.3 Å². The van der Waals surface area contributed by atoms with E-state index in [0.717, 1.165) is 36.2 Å². The molecule has 150 valence electrons. The number of carbonyl (C=O) groups excluding carboxylic acids is 2. The molecule has 2 amide bonds. The third kappa shape index (κ3) is 5.00. The molecule has 1 aromatic carbocycles. The molecule has 0 aliphatic carbocycles. The lowest BCUT2D eigenvalue weighted by atomic mass is 10.0. The van der Waals surface area contributed by atoms with Gasteiger partial charge in [-0.25, -0.2) is 0 Å². The quantitative estimate of drug-likeness (QED) is 0.834. The molecule has 0 unspecified atom stereocenters. The van der Waals surface area contributed by atoms with E-state index in [9.17, 15) is 9.59 Å². The molecule has 0 radical (unpaired) electrons. The third-order valence-electron chi connectivity index (χ3n) is 5.68. The second-order valence-electron chi connectivity index (χ2n) is 7.66. The van der Waals surface area contributed by atoms with Gasteiger partial charge in [-0.05, 0) is 38.7 Å². The monoisotopic (exact) mass is 382 g/mol. The first-order valence-electron chi connectivity index (χ1n) is 10.0. The lowest BCUT2D eigenvalue weighted by Gasteiger charge is -2.32. The van der Waals surface area contributed by atoms with E-state index in [-0.39, 0.29) is 17.9 Å². The minimum absolute atomic E-state index is 0.0928. The number of amides is 2. The Bertz CT molecular complexity index is 821. The molecular formula is C22H30N4O2. The van der Waals surface area contributed by atoms with Crippen LogP contribution < -0.4 is 5.32 Å². The number of nitrogens with zero attached hydrogens (tertiary/aromatic N) is 3. The normalized spacial score (nSPS) is 14.9. The molecule has 1 aliphatic heterocycles. The Morgan fingerprint density at radius 1 is 1.14 bits per heavy atom. The van der Waals surface area contributed by atoms with E-state index in [1.807, 2.05) is 60.8 Å². The summed E-state index contributed by atoms with van der Waals surface area (Å²) in [5, 5.41) is 7.52. The van der Waals surface area contributed by atoms with E-state index in [2.05, 4.69) is 10.4 Å². The Kier molecular flexibility index (Phi) is 6.49. The SMILES string of the molecule is Cc1nn(C)c(C)c1CC(=O)N1CCC(NC(=O)CCc2ccccc2)CC1. The van der Waals surface area contributed by atoms with Crippen LogP contribution in [-0.4, -0.2) is 45.6 Å². The summed E-state index contributed by atoms with van der Waals surface area (Å²) in [4.78, 5) is 26.8. The average molecular weight is 383 g/mol. The van der Waals surface area contributed by atoms with Crippen LogP contribution in [0.15, 0.2) is 30.3 Å². The van der Waals surface area contributed by atoms with Crippen LogP contribution in [0.1, 0.15) is 41.8 Å². The second kappa shape index (κ2) is 9.04. The van der Waals surface area contributed by atoms with Crippen LogP contribution in [0.4, 0.5) is 0 Å². The number of benzene rings is 1. The molecule has 1 saturated heterocycles. The number of hydrogen-bond donors (Lipinski definition) is 1. The van der Waals surface area contributed by atoms with Gasteiger partial charge in [0.15, 0.2) is 0 Å². The summed E-state index contributed by atoms with van der Waals surface area (Å²) in [5.74, 6) is 0.239. The number of hydrogen-bond acceptors (Lipinski definition) is 3. The number of aryl methyl sites for hydroxylation is 3. The van der Waals surface area contributed by atoms with Gasteiger partial charge < -0.3 is 10.2 Å². The summed E-state index contributed by atoms with van der Waals surface area (Å²) in [6.07, 6.45) is 3.29. The van der Waals surface area contributed by atoms with Crippen LogP contribution in [0.3, 0.4) is 0 Å². The molecule has 0 spiro atoms. The highest BCUT2D eigenvalue weighted by atomic mass is 16.2. The topological polar surface area (TPSA) is 67.2 Å². The second-order valence-corrected chi connectivity index (χ2v) is 7.66. The van der Waals surface area contributed by atoms with Crippen molar-refractivity contribution in [1.29, 1.82) is 0 Å². The van der Waals surface area contributed by atoms with Crippen molar-refractivity contribution in [3.63, 3.8) is 0 Å². The zero-order valence-corrected chi connectivity index (χ0v) is 17.1. The molecule has 2 aromatic rings. The molecule has 0 saturated carbocycles.